The van der Waals surface area contributed by atoms with Crippen molar-refractivity contribution < 1.29 is 19.8 Å². The first-order chi connectivity index (χ1) is 6.45. The summed E-state index contributed by atoms with van der Waals surface area (Å²) in [5.74, 6) is -1.71. The molecule has 0 saturated carbocycles. The van der Waals surface area contributed by atoms with Crippen molar-refractivity contribution in [3.63, 3.8) is 0 Å². The van der Waals surface area contributed by atoms with Gasteiger partial charge in [-0.2, -0.15) is 0 Å². The van der Waals surface area contributed by atoms with E-state index < -0.39 is 11.9 Å². The van der Waals surface area contributed by atoms with Crippen LogP contribution in [0, 0.1) is 5.41 Å². The number of rotatable bonds is 7. The Labute approximate surface area is 83.9 Å². The molecule has 2 N–H and O–H groups in total. The molecular weight excluding hydrogens is 184 g/mol. The maximum atomic E-state index is 10.6. The van der Waals surface area contributed by atoms with Gasteiger partial charge in [-0.3, -0.25) is 9.59 Å². The minimum absolute atomic E-state index is 0.0506. The van der Waals surface area contributed by atoms with Crippen LogP contribution in [0.25, 0.3) is 0 Å². The lowest BCUT2D eigenvalue weighted by atomic mass is 9.75. The second kappa shape index (κ2) is 5.62. The molecule has 0 rings (SSSR count). The number of aliphatic carboxylic acids is 2. The standard InChI is InChI=1S/C10H18O4/c1-3-10(4-2,7-9(13)14)6-5-8(11)12/h3-7H2,1-2H3,(H,11,12)(H,13,14). The summed E-state index contributed by atoms with van der Waals surface area (Å²) in [5.41, 5.74) is -0.343. The summed E-state index contributed by atoms with van der Waals surface area (Å²) in [4.78, 5) is 21.0. The van der Waals surface area contributed by atoms with Gasteiger partial charge in [-0.25, -0.2) is 0 Å². The third-order valence-electron chi connectivity index (χ3n) is 2.90. The van der Waals surface area contributed by atoms with E-state index in [1.807, 2.05) is 13.8 Å². The fourth-order valence-corrected chi connectivity index (χ4v) is 1.63. The predicted octanol–water partition coefficient (Wildman–Crippen LogP) is 2.13. The van der Waals surface area contributed by atoms with Crippen LogP contribution in [0.3, 0.4) is 0 Å². The first kappa shape index (κ1) is 12.9. The summed E-state index contributed by atoms with van der Waals surface area (Å²) in [6.45, 7) is 3.82. The van der Waals surface area contributed by atoms with E-state index in [2.05, 4.69) is 0 Å². The van der Waals surface area contributed by atoms with E-state index >= 15 is 0 Å². The summed E-state index contributed by atoms with van der Waals surface area (Å²) < 4.78 is 0. The number of hydrogen-bond donors (Lipinski definition) is 2. The number of carboxylic acids is 2. The van der Waals surface area contributed by atoms with E-state index in [1.54, 1.807) is 0 Å². The first-order valence-corrected chi connectivity index (χ1v) is 4.89. The Balaban J connectivity index is 4.36. The van der Waals surface area contributed by atoms with Gasteiger partial charge in [0.2, 0.25) is 0 Å². The SMILES string of the molecule is CCC(CC)(CCC(=O)O)CC(=O)O. The van der Waals surface area contributed by atoms with Gasteiger partial charge in [0.15, 0.2) is 0 Å². The van der Waals surface area contributed by atoms with E-state index in [0.717, 1.165) is 0 Å². The van der Waals surface area contributed by atoms with Crippen molar-refractivity contribution in [2.45, 2.75) is 46.0 Å². The molecular formula is C10H18O4. The van der Waals surface area contributed by atoms with Crippen LogP contribution in [0.5, 0.6) is 0 Å². The molecule has 0 saturated heterocycles. The largest absolute Gasteiger partial charge is 0.481 e. The molecule has 0 unspecified atom stereocenters. The number of carbonyl (C=O) groups is 2. The van der Waals surface area contributed by atoms with Gasteiger partial charge in [0.1, 0.15) is 0 Å². The smallest absolute Gasteiger partial charge is 0.303 e. The second-order valence-corrected chi connectivity index (χ2v) is 3.67. The summed E-state index contributed by atoms with van der Waals surface area (Å²) >= 11 is 0. The average Bonchev–Trinajstić information content (AvgIpc) is 2.11. The highest BCUT2D eigenvalue weighted by Gasteiger charge is 2.29. The van der Waals surface area contributed by atoms with Gasteiger partial charge in [0, 0.05) is 6.42 Å². The van der Waals surface area contributed by atoms with Gasteiger partial charge in [0.05, 0.1) is 6.42 Å². The van der Waals surface area contributed by atoms with Crippen LogP contribution in [0.2, 0.25) is 0 Å². The van der Waals surface area contributed by atoms with Crippen molar-refractivity contribution in [2.75, 3.05) is 0 Å². The summed E-state index contributed by atoms with van der Waals surface area (Å²) in [6, 6.07) is 0. The molecule has 0 aromatic heterocycles. The van der Waals surface area contributed by atoms with Crippen LogP contribution in [-0.2, 0) is 9.59 Å². The lowest BCUT2D eigenvalue weighted by Crippen LogP contribution is -2.24. The zero-order valence-electron chi connectivity index (χ0n) is 8.75. The van der Waals surface area contributed by atoms with Crippen molar-refractivity contribution in [1.82, 2.24) is 0 Å². The van der Waals surface area contributed by atoms with Crippen LogP contribution in [-0.4, -0.2) is 22.2 Å². The molecule has 0 aliphatic carbocycles. The van der Waals surface area contributed by atoms with Crippen LogP contribution >= 0.6 is 0 Å². The molecule has 82 valence electrons. The van der Waals surface area contributed by atoms with E-state index in [-0.39, 0.29) is 18.3 Å². The van der Waals surface area contributed by atoms with Crippen molar-refractivity contribution in [2.24, 2.45) is 5.41 Å². The van der Waals surface area contributed by atoms with Crippen LogP contribution in [0.4, 0.5) is 0 Å². The van der Waals surface area contributed by atoms with Crippen LogP contribution in [0.1, 0.15) is 46.0 Å². The molecule has 4 heteroatoms. The average molecular weight is 202 g/mol. The minimum Gasteiger partial charge on any atom is -0.481 e. The van der Waals surface area contributed by atoms with Gasteiger partial charge >= 0.3 is 11.9 Å². The second-order valence-electron chi connectivity index (χ2n) is 3.67. The van der Waals surface area contributed by atoms with Crippen molar-refractivity contribution in [3.05, 3.63) is 0 Å². The van der Waals surface area contributed by atoms with E-state index in [1.165, 1.54) is 0 Å². The monoisotopic (exact) mass is 202 g/mol. The van der Waals surface area contributed by atoms with Crippen LogP contribution in [0.15, 0.2) is 0 Å². The Morgan fingerprint density at radius 3 is 1.86 bits per heavy atom. The summed E-state index contributed by atoms with van der Waals surface area (Å²) in [6.07, 6.45) is 1.98. The Morgan fingerprint density at radius 2 is 1.57 bits per heavy atom. The number of hydrogen-bond acceptors (Lipinski definition) is 2. The molecule has 0 atom stereocenters. The molecule has 0 bridgehead atoms. The van der Waals surface area contributed by atoms with Gasteiger partial charge in [-0.05, 0) is 24.7 Å². The van der Waals surface area contributed by atoms with E-state index in [4.69, 9.17) is 10.2 Å². The molecule has 14 heavy (non-hydrogen) atoms. The topological polar surface area (TPSA) is 74.6 Å². The molecule has 0 spiro atoms. The van der Waals surface area contributed by atoms with Crippen molar-refractivity contribution in [3.8, 4) is 0 Å². The first-order valence-electron chi connectivity index (χ1n) is 4.89. The van der Waals surface area contributed by atoms with Crippen molar-refractivity contribution in [1.29, 1.82) is 0 Å². The maximum absolute atomic E-state index is 10.6. The van der Waals surface area contributed by atoms with Crippen molar-refractivity contribution >= 4 is 11.9 Å². The van der Waals surface area contributed by atoms with Crippen LogP contribution < -0.4 is 0 Å². The Hall–Kier alpha value is -1.06. The third kappa shape index (κ3) is 4.25. The maximum Gasteiger partial charge on any atom is 0.303 e. The fraction of sp³-hybridized carbons (Fsp3) is 0.800. The normalized spacial score (nSPS) is 11.3. The third-order valence-corrected chi connectivity index (χ3v) is 2.90. The molecule has 0 aliphatic rings. The lowest BCUT2D eigenvalue weighted by molar-refractivity contribution is -0.142. The van der Waals surface area contributed by atoms with Gasteiger partial charge < -0.3 is 10.2 Å². The number of carboxylic acid groups (broad SMARTS) is 2. The minimum atomic E-state index is -0.860. The van der Waals surface area contributed by atoms with E-state index in [0.29, 0.717) is 19.3 Å². The van der Waals surface area contributed by atoms with Gasteiger partial charge in [-0.15, -0.1) is 0 Å². The predicted molar refractivity (Wildman–Crippen MR) is 52.1 cm³/mol. The Morgan fingerprint density at radius 1 is 1.07 bits per heavy atom. The molecule has 0 fully saturated rings. The molecule has 0 aromatic rings. The highest BCUT2D eigenvalue weighted by molar-refractivity contribution is 5.69. The molecule has 0 amide bonds. The van der Waals surface area contributed by atoms with E-state index in [9.17, 15) is 9.59 Å². The molecule has 0 radical (unpaired) electrons. The van der Waals surface area contributed by atoms with Gasteiger partial charge in [-0.1, -0.05) is 13.8 Å². The summed E-state index contributed by atoms with van der Waals surface area (Å²) in [7, 11) is 0. The zero-order valence-corrected chi connectivity index (χ0v) is 8.75. The zero-order chi connectivity index (χ0) is 11.2. The highest BCUT2D eigenvalue weighted by atomic mass is 16.4. The quantitative estimate of drug-likeness (QED) is 0.663. The Kier molecular flexibility index (Phi) is 5.20. The highest BCUT2D eigenvalue weighted by Crippen LogP contribution is 2.35. The molecule has 0 heterocycles. The molecule has 0 aliphatic heterocycles. The summed E-state index contributed by atoms with van der Waals surface area (Å²) in [5, 5.41) is 17.3. The fourth-order valence-electron chi connectivity index (χ4n) is 1.63. The van der Waals surface area contributed by atoms with Gasteiger partial charge in [0.25, 0.3) is 0 Å². The Bertz CT molecular complexity index is 206. The lowest BCUT2D eigenvalue weighted by Gasteiger charge is -2.29. The molecule has 0 aromatic carbocycles. The molecule has 4 nitrogen and oxygen atoms in total.